The van der Waals surface area contributed by atoms with Crippen molar-refractivity contribution in [3.05, 3.63) is 102 Å². The van der Waals surface area contributed by atoms with Gasteiger partial charge in [-0.15, -0.1) is 0 Å². The van der Waals surface area contributed by atoms with Crippen LogP contribution in [-0.2, 0) is 20.7 Å². The van der Waals surface area contributed by atoms with Gasteiger partial charge in [-0.05, 0) is 54.4 Å². The van der Waals surface area contributed by atoms with Crippen molar-refractivity contribution >= 4 is 23.8 Å². The molecule has 5 N–H and O–H groups in total. The molecule has 1 aliphatic heterocycles. The average Bonchev–Trinajstić information content (AvgIpc) is 3.02. The highest BCUT2D eigenvalue weighted by atomic mass is 16.6. The fraction of sp³-hybridized carbons (Fsp3) is 0.400. The Kier molecular flexibility index (Phi) is 10.7. The number of amides is 3. The van der Waals surface area contributed by atoms with E-state index in [2.05, 4.69) is 10.6 Å². The van der Waals surface area contributed by atoms with Gasteiger partial charge in [0.1, 0.15) is 12.1 Å². The second-order valence-corrected chi connectivity index (χ2v) is 11.9. The third-order valence-corrected chi connectivity index (χ3v) is 9.01. The van der Waals surface area contributed by atoms with Crippen molar-refractivity contribution in [3.63, 3.8) is 0 Å². The number of hydrogen-bond acceptors (Lipinski definition) is 6. The zero-order valence-corrected chi connectivity index (χ0v) is 25.5. The molecule has 1 aliphatic carbocycles. The predicted molar refractivity (Wildman–Crippen MR) is 171 cm³/mol. The first-order chi connectivity index (χ1) is 21.8. The number of carbonyl (C=O) groups is 3. The fourth-order valence-corrected chi connectivity index (χ4v) is 6.38. The molecular formula is C35H42N4O6. The minimum absolute atomic E-state index is 0.0629. The van der Waals surface area contributed by atoms with Crippen LogP contribution in [0.1, 0.15) is 48.3 Å². The zero-order valence-electron chi connectivity index (χ0n) is 25.5. The summed E-state index contributed by atoms with van der Waals surface area (Å²) in [5, 5.41) is 16.6. The smallest absolute Gasteiger partial charge is 0.407 e. The van der Waals surface area contributed by atoms with Gasteiger partial charge in [0.15, 0.2) is 0 Å². The van der Waals surface area contributed by atoms with Crippen LogP contribution in [0, 0.1) is 5.92 Å². The summed E-state index contributed by atoms with van der Waals surface area (Å²) in [4.78, 5) is 38.9. The fourth-order valence-electron chi connectivity index (χ4n) is 6.38. The zero-order chi connectivity index (χ0) is 31.8. The monoisotopic (exact) mass is 614 g/mol. The summed E-state index contributed by atoms with van der Waals surface area (Å²) < 4.78 is 11.6. The molecule has 3 aromatic rings. The Labute approximate surface area is 263 Å². The van der Waals surface area contributed by atoms with Crippen LogP contribution in [0.5, 0.6) is 0 Å². The average molecular weight is 615 g/mol. The molecule has 2 aliphatic rings. The van der Waals surface area contributed by atoms with E-state index in [1.807, 2.05) is 84.9 Å². The highest BCUT2D eigenvalue weighted by molar-refractivity contribution is 5.98. The third kappa shape index (κ3) is 8.01. The first kappa shape index (κ1) is 32.0. The highest BCUT2D eigenvalue weighted by Gasteiger charge is 2.39. The SMILES string of the molecule is CN(C(=O)O)[C@H](C(=O)Nc1ccccc1CC[C@@H]1CN[C@H](C(OC(N)=O)C2CCC2)CO1)C(c1ccccc1)c1ccccc1. The number of carbonyl (C=O) groups excluding carboxylic acids is 2. The second-order valence-electron chi connectivity index (χ2n) is 11.9. The standard InChI is InChI=1S/C35H42N4O6/c1-39(35(42)43)31(30(24-12-4-2-5-13-24)25-14-6-3-7-15-25)33(40)38-28-18-9-8-11-23(28)19-20-27-21-37-29(22-44-27)32(45-34(36)41)26-16-10-17-26/h2-9,11-15,18,26-27,29-32,37H,10,16-17,19-22H2,1H3,(H2,36,41)(H,38,40)(H,42,43)/t27-,29+,31+,32?/m1/s1. The highest BCUT2D eigenvalue weighted by Crippen LogP contribution is 2.34. The molecule has 238 valence electrons. The van der Waals surface area contributed by atoms with Crippen LogP contribution < -0.4 is 16.4 Å². The van der Waals surface area contributed by atoms with Crippen LogP contribution in [-0.4, -0.2) is 72.6 Å². The summed E-state index contributed by atoms with van der Waals surface area (Å²) in [6, 6.07) is 25.4. The summed E-state index contributed by atoms with van der Waals surface area (Å²) >= 11 is 0. The number of ether oxygens (including phenoxy) is 2. The molecule has 10 nitrogen and oxygen atoms in total. The van der Waals surface area contributed by atoms with E-state index in [0.717, 1.165) is 40.9 Å². The van der Waals surface area contributed by atoms with Crippen LogP contribution in [0.3, 0.4) is 0 Å². The normalized spacial score (nSPS) is 19.6. The number of hydrogen-bond donors (Lipinski definition) is 4. The quantitative estimate of drug-likeness (QED) is 0.225. The molecular weight excluding hydrogens is 572 g/mol. The topological polar surface area (TPSA) is 143 Å². The molecule has 3 amide bonds. The minimum Gasteiger partial charge on any atom is -0.465 e. The second kappa shape index (κ2) is 15.0. The molecule has 1 saturated heterocycles. The Morgan fingerprint density at radius 1 is 1.00 bits per heavy atom. The van der Waals surface area contributed by atoms with E-state index in [1.165, 1.54) is 7.05 Å². The van der Waals surface area contributed by atoms with Crippen LogP contribution >= 0.6 is 0 Å². The lowest BCUT2D eigenvalue weighted by molar-refractivity contribution is -0.120. The molecule has 1 saturated carbocycles. The van der Waals surface area contributed by atoms with Crippen LogP contribution in [0.4, 0.5) is 15.3 Å². The van der Waals surface area contributed by atoms with Crippen molar-refractivity contribution in [1.82, 2.24) is 10.2 Å². The summed E-state index contributed by atoms with van der Waals surface area (Å²) in [7, 11) is 1.43. The number of nitrogens with two attached hydrogens (primary N) is 1. The number of nitrogens with one attached hydrogen (secondary N) is 2. The lowest BCUT2D eigenvalue weighted by Gasteiger charge is -2.41. The van der Waals surface area contributed by atoms with Gasteiger partial charge in [0.2, 0.25) is 5.91 Å². The minimum atomic E-state index is -1.19. The first-order valence-corrected chi connectivity index (χ1v) is 15.6. The molecule has 10 heteroatoms. The van der Waals surface area contributed by atoms with E-state index in [9.17, 15) is 19.5 Å². The number of nitrogens with zero attached hydrogens (tertiary/aromatic N) is 1. The predicted octanol–water partition coefficient (Wildman–Crippen LogP) is 4.99. The van der Waals surface area contributed by atoms with E-state index < -0.39 is 30.1 Å². The maximum atomic E-state index is 14.1. The number of morpholine rings is 1. The van der Waals surface area contributed by atoms with Crippen molar-refractivity contribution in [2.24, 2.45) is 11.7 Å². The van der Waals surface area contributed by atoms with Gasteiger partial charge in [-0.1, -0.05) is 85.3 Å². The van der Waals surface area contributed by atoms with Crippen molar-refractivity contribution < 1.29 is 29.0 Å². The molecule has 0 aromatic heterocycles. The van der Waals surface area contributed by atoms with Crippen molar-refractivity contribution in [1.29, 1.82) is 0 Å². The number of benzene rings is 3. The number of rotatable bonds is 12. The molecule has 4 atom stereocenters. The van der Waals surface area contributed by atoms with Crippen LogP contribution in [0.2, 0.25) is 0 Å². The Morgan fingerprint density at radius 2 is 1.62 bits per heavy atom. The molecule has 1 unspecified atom stereocenters. The number of carboxylic acid groups (broad SMARTS) is 1. The van der Waals surface area contributed by atoms with E-state index >= 15 is 0 Å². The molecule has 45 heavy (non-hydrogen) atoms. The van der Waals surface area contributed by atoms with Gasteiger partial charge in [-0.3, -0.25) is 9.69 Å². The number of primary amides is 1. The molecule has 2 fully saturated rings. The van der Waals surface area contributed by atoms with Crippen molar-refractivity contribution in [2.45, 2.75) is 62.3 Å². The van der Waals surface area contributed by atoms with Gasteiger partial charge in [-0.2, -0.15) is 0 Å². The van der Waals surface area contributed by atoms with Crippen LogP contribution in [0.15, 0.2) is 84.9 Å². The molecule has 0 bridgehead atoms. The molecule has 5 rings (SSSR count). The van der Waals surface area contributed by atoms with E-state index in [1.54, 1.807) is 0 Å². The first-order valence-electron chi connectivity index (χ1n) is 15.6. The molecule has 0 radical (unpaired) electrons. The lowest BCUT2D eigenvalue weighted by Crippen LogP contribution is -2.56. The van der Waals surface area contributed by atoms with Gasteiger partial charge >= 0.3 is 12.2 Å². The summed E-state index contributed by atoms with van der Waals surface area (Å²) in [6.07, 6.45) is 2.19. The van der Waals surface area contributed by atoms with Gasteiger partial charge in [0.05, 0.1) is 18.8 Å². The largest absolute Gasteiger partial charge is 0.465 e. The lowest BCUT2D eigenvalue weighted by atomic mass is 9.78. The Hall–Kier alpha value is -4.41. The van der Waals surface area contributed by atoms with Gasteiger partial charge in [0.25, 0.3) is 0 Å². The van der Waals surface area contributed by atoms with Crippen molar-refractivity contribution in [2.75, 3.05) is 25.5 Å². The molecule has 1 heterocycles. The van der Waals surface area contributed by atoms with Gasteiger partial charge < -0.3 is 30.9 Å². The van der Waals surface area contributed by atoms with E-state index in [0.29, 0.717) is 37.6 Å². The van der Waals surface area contributed by atoms with E-state index in [4.69, 9.17) is 15.2 Å². The van der Waals surface area contributed by atoms with Gasteiger partial charge in [-0.25, -0.2) is 9.59 Å². The van der Waals surface area contributed by atoms with Gasteiger partial charge in [0, 0.05) is 25.2 Å². The maximum absolute atomic E-state index is 14.1. The third-order valence-electron chi connectivity index (χ3n) is 9.01. The summed E-state index contributed by atoms with van der Waals surface area (Å²) in [6.45, 7) is 1.02. The number of likely N-dealkylation sites (N-methyl/N-ethyl adjacent to an activating group) is 1. The summed E-state index contributed by atoms with van der Waals surface area (Å²) in [5.41, 5.74) is 8.57. The number of aryl methyl sites for hydroxylation is 1. The molecule has 3 aromatic carbocycles. The Balaban J connectivity index is 1.28. The molecule has 0 spiro atoms. The number of anilines is 1. The Bertz CT molecular complexity index is 1390. The maximum Gasteiger partial charge on any atom is 0.407 e. The van der Waals surface area contributed by atoms with Crippen LogP contribution in [0.25, 0.3) is 0 Å². The van der Waals surface area contributed by atoms with E-state index in [-0.39, 0.29) is 18.2 Å². The Morgan fingerprint density at radius 3 is 2.16 bits per heavy atom. The number of para-hydroxylation sites is 1. The summed E-state index contributed by atoms with van der Waals surface area (Å²) in [5.74, 6) is -0.643. The van der Waals surface area contributed by atoms with Crippen molar-refractivity contribution in [3.8, 4) is 0 Å².